The van der Waals surface area contributed by atoms with Crippen LogP contribution in [0.2, 0.25) is 0 Å². The first-order valence-electron chi connectivity index (χ1n) is 8.48. The number of ether oxygens (including phenoxy) is 1. The molecular weight excluding hydrogens is 416 g/mol. The maximum absolute atomic E-state index is 13.4. The number of carbonyl (C=O) groups is 1. The zero-order chi connectivity index (χ0) is 22.4. The van der Waals surface area contributed by atoms with Gasteiger partial charge >= 0.3 is 12.4 Å². The van der Waals surface area contributed by atoms with Gasteiger partial charge in [0.2, 0.25) is 0 Å². The van der Waals surface area contributed by atoms with Crippen LogP contribution in [0, 0.1) is 17.2 Å². The maximum Gasteiger partial charge on any atom is 0.417 e. The van der Waals surface area contributed by atoms with Gasteiger partial charge in [0.05, 0.1) is 34.8 Å². The number of carbonyl (C=O) groups excluding carboxylic acids is 1. The topological polar surface area (TPSA) is 70.3 Å². The molecule has 2 aromatic carbocycles. The molecular formula is C20H13F6NO3. The van der Waals surface area contributed by atoms with Gasteiger partial charge in [-0.15, -0.1) is 0 Å². The number of hydrogen-bond donors (Lipinski definition) is 1. The van der Waals surface area contributed by atoms with Crippen LogP contribution >= 0.6 is 0 Å². The van der Waals surface area contributed by atoms with Crippen LogP contribution in [0.1, 0.15) is 50.4 Å². The van der Waals surface area contributed by atoms with Crippen LogP contribution in [-0.4, -0.2) is 18.0 Å². The first-order valence-corrected chi connectivity index (χ1v) is 8.48. The zero-order valence-electron chi connectivity index (χ0n) is 15.2. The van der Waals surface area contributed by atoms with E-state index in [2.05, 4.69) is 0 Å². The number of aliphatic hydroxyl groups is 1. The van der Waals surface area contributed by atoms with E-state index in [0.29, 0.717) is 12.1 Å². The highest BCUT2D eigenvalue weighted by Gasteiger charge is 2.47. The lowest BCUT2D eigenvalue weighted by Gasteiger charge is -2.26. The number of fused-ring (bicyclic) bond motifs is 1. The standard InChI is InChI=1S/C20H13F6NO3/c1-30-18(15-16(28)10-4-2-3-5-11(10)17(15)29)9-6-13(19(21,22)23)12(8-27)14(7-9)20(24,25)26/h2-7,15-16,18,28H,1H3. The van der Waals surface area contributed by atoms with Gasteiger partial charge in [0.25, 0.3) is 0 Å². The lowest BCUT2D eigenvalue weighted by atomic mass is 9.87. The van der Waals surface area contributed by atoms with Crippen molar-refractivity contribution in [2.24, 2.45) is 5.92 Å². The molecule has 30 heavy (non-hydrogen) atoms. The van der Waals surface area contributed by atoms with Crippen molar-refractivity contribution in [3.63, 3.8) is 0 Å². The number of hydrogen-bond acceptors (Lipinski definition) is 4. The van der Waals surface area contributed by atoms with E-state index in [1.807, 2.05) is 0 Å². The molecule has 1 aliphatic rings. The molecule has 3 unspecified atom stereocenters. The quantitative estimate of drug-likeness (QED) is 0.710. The van der Waals surface area contributed by atoms with Crippen LogP contribution in [0.25, 0.3) is 0 Å². The summed E-state index contributed by atoms with van der Waals surface area (Å²) in [6.45, 7) is 0. The number of nitriles is 1. The molecule has 4 nitrogen and oxygen atoms in total. The SMILES string of the molecule is COC(c1cc(C(F)(F)F)c(C#N)c(C(F)(F)F)c1)C1C(=O)c2ccccc2C1O. The first-order chi connectivity index (χ1) is 13.9. The highest BCUT2D eigenvalue weighted by atomic mass is 19.4. The van der Waals surface area contributed by atoms with E-state index >= 15 is 0 Å². The Kier molecular flexibility index (Phi) is 5.39. The number of methoxy groups -OCH3 is 1. The summed E-state index contributed by atoms with van der Waals surface area (Å²) in [7, 11) is 1.01. The van der Waals surface area contributed by atoms with Crippen LogP contribution in [0.3, 0.4) is 0 Å². The van der Waals surface area contributed by atoms with E-state index in [4.69, 9.17) is 10.00 Å². The molecule has 0 bridgehead atoms. The highest BCUT2D eigenvalue weighted by molar-refractivity contribution is 6.03. The van der Waals surface area contributed by atoms with Gasteiger partial charge in [-0.3, -0.25) is 4.79 Å². The summed E-state index contributed by atoms with van der Waals surface area (Å²) in [5, 5.41) is 19.5. The van der Waals surface area contributed by atoms with E-state index in [0.717, 1.165) is 13.2 Å². The largest absolute Gasteiger partial charge is 0.417 e. The van der Waals surface area contributed by atoms with Gasteiger partial charge in [-0.05, 0) is 23.3 Å². The summed E-state index contributed by atoms with van der Waals surface area (Å²) >= 11 is 0. The predicted molar refractivity (Wildman–Crippen MR) is 90.1 cm³/mol. The molecule has 2 aromatic rings. The highest BCUT2D eigenvalue weighted by Crippen LogP contribution is 2.47. The van der Waals surface area contributed by atoms with Gasteiger partial charge in [-0.1, -0.05) is 24.3 Å². The summed E-state index contributed by atoms with van der Waals surface area (Å²) in [5.41, 5.74) is -5.48. The molecule has 1 aliphatic carbocycles. The molecule has 158 valence electrons. The average molecular weight is 429 g/mol. The van der Waals surface area contributed by atoms with E-state index in [9.17, 15) is 36.2 Å². The Labute approximate surface area is 166 Å². The summed E-state index contributed by atoms with van der Waals surface area (Å²) in [6, 6.07) is 7.55. The lowest BCUT2D eigenvalue weighted by molar-refractivity contribution is -0.143. The second-order valence-electron chi connectivity index (χ2n) is 6.68. The second kappa shape index (κ2) is 7.41. The van der Waals surface area contributed by atoms with Crippen molar-refractivity contribution in [3.8, 4) is 6.07 Å². The molecule has 10 heteroatoms. The number of alkyl halides is 6. The Bertz CT molecular complexity index is 1000. The predicted octanol–water partition coefficient (Wildman–Crippen LogP) is 4.83. The van der Waals surface area contributed by atoms with Crippen LogP contribution in [0.15, 0.2) is 36.4 Å². The molecule has 0 amide bonds. The Morgan fingerprint density at radius 1 is 1.07 bits per heavy atom. The number of ketones is 1. The van der Waals surface area contributed by atoms with Crippen molar-refractivity contribution in [2.45, 2.75) is 24.6 Å². The third kappa shape index (κ3) is 3.55. The van der Waals surface area contributed by atoms with Gasteiger partial charge in [0, 0.05) is 12.7 Å². The fourth-order valence-corrected chi connectivity index (χ4v) is 3.69. The van der Waals surface area contributed by atoms with E-state index in [1.165, 1.54) is 24.3 Å². The van der Waals surface area contributed by atoms with Crippen molar-refractivity contribution in [1.29, 1.82) is 5.26 Å². The molecule has 0 spiro atoms. The molecule has 3 atom stereocenters. The van der Waals surface area contributed by atoms with Crippen molar-refractivity contribution in [2.75, 3.05) is 7.11 Å². The fourth-order valence-electron chi connectivity index (χ4n) is 3.69. The third-order valence-electron chi connectivity index (χ3n) is 4.98. The van der Waals surface area contributed by atoms with Gasteiger partial charge in [-0.25, -0.2) is 0 Å². The lowest BCUT2D eigenvalue weighted by Crippen LogP contribution is -2.25. The Morgan fingerprint density at radius 2 is 1.60 bits per heavy atom. The number of nitrogens with zero attached hydrogens (tertiary/aromatic N) is 1. The summed E-state index contributed by atoms with van der Waals surface area (Å²) in [4.78, 5) is 12.7. The minimum atomic E-state index is -5.26. The molecule has 0 radical (unpaired) electrons. The van der Waals surface area contributed by atoms with Crippen LogP contribution in [0.4, 0.5) is 26.3 Å². The normalized spacial score (nSPS) is 20.0. The fraction of sp³-hybridized carbons (Fsp3) is 0.300. The van der Waals surface area contributed by atoms with E-state index in [-0.39, 0.29) is 11.1 Å². The zero-order valence-corrected chi connectivity index (χ0v) is 15.2. The molecule has 0 saturated carbocycles. The molecule has 0 aromatic heterocycles. The van der Waals surface area contributed by atoms with Crippen LogP contribution in [0.5, 0.6) is 0 Å². The molecule has 0 fully saturated rings. The van der Waals surface area contributed by atoms with Crippen LogP contribution in [-0.2, 0) is 17.1 Å². The first kappa shape index (κ1) is 21.8. The van der Waals surface area contributed by atoms with Gasteiger partial charge in [0.1, 0.15) is 6.07 Å². The Morgan fingerprint density at radius 3 is 2.03 bits per heavy atom. The second-order valence-corrected chi connectivity index (χ2v) is 6.68. The number of benzene rings is 2. The van der Waals surface area contributed by atoms with Crippen molar-refractivity contribution < 1.29 is 41.0 Å². The van der Waals surface area contributed by atoms with Gasteiger partial charge in [0.15, 0.2) is 5.78 Å². The molecule has 3 rings (SSSR count). The number of rotatable bonds is 3. The van der Waals surface area contributed by atoms with Gasteiger partial charge < -0.3 is 9.84 Å². The average Bonchev–Trinajstić information content (AvgIpc) is 2.92. The van der Waals surface area contributed by atoms with E-state index < -0.39 is 58.5 Å². The summed E-state index contributed by atoms with van der Waals surface area (Å²) in [6.07, 6.45) is -13.6. The third-order valence-corrected chi connectivity index (χ3v) is 4.98. The van der Waals surface area contributed by atoms with Gasteiger partial charge in [-0.2, -0.15) is 31.6 Å². The van der Waals surface area contributed by atoms with Crippen LogP contribution < -0.4 is 0 Å². The number of aliphatic hydroxyl groups excluding tert-OH is 1. The number of Topliss-reactive ketones (excluding diaryl/α,β-unsaturated/α-hetero) is 1. The minimum Gasteiger partial charge on any atom is -0.388 e. The maximum atomic E-state index is 13.4. The van der Waals surface area contributed by atoms with Crippen molar-refractivity contribution in [3.05, 3.63) is 69.8 Å². The van der Waals surface area contributed by atoms with Crippen molar-refractivity contribution >= 4 is 5.78 Å². The Hall–Kier alpha value is -2.90. The molecule has 1 N–H and O–H groups in total. The smallest absolute Gasteiger partial charge is 0.388 e. The number of halogens is 6. The van der Waals surface area contributed by atoms with Crippen molar-refractivity contribution in [1.82, 2.24) is 0 Å². The molecule has 0 saturated heterocycles. The van der Waals surface area contributed by atoms with E-state index in [1.54, 1.807) is 0 Å². The monoisotopic (exact) mass is 429 g/mol. The Balaban J connectivity index is 2.21. The summed E-state index contributed by atoms with van der Waals surface area (Å²) < 4.78 is 85.6. The molecule has 0 heterocycles. The molecule has 0 aliphatic heterocycles. The summed E-state index contributed by atoms with van der Waals surface area (Å²) in [5.74, 6) is -2.13. The minimum absolute atomic E-state index is 0.109.